The van der Waals surface area contributed by atoms with Crippen molar-refractivity contribution in [2.24, 2.45) is 5.73 Å². The molecule has 3 aromatic heterocycles. The molecule has 1 aromatic carbocycles. The maximum absolute atomic E-state index is 14.2. The maximum atomic E-state index is 14.2. The van der Waals surface area contributed by atoms with Gasteiger partial charge in [-0.25, -0.2) is 9.37 Å². The number of nitrogens with two attached hydrogens (primary N) is 1. The summed E-state index contributed by atoms with van der Waals surface area (Å²) in [5, 5.41) is 8.79. The molecule has 11 heteroatoms. The molecule has 5 rings (SSSR count). The van der Waals surface area contributed by atoms with E-state index in [-0.39, 0.29) is 36.3 Å². The van der Waals surface area contributed by atoms with Crippen molar-refractivity contribution in [2.75, 3.05) is 19.7 Å². The quantitative estimate of drug-likeness (QED) is 0.439. The van der Waals surface area contributed by atoms with E-state index in [0.29, 0.717) is 35.3 Å². The Labute approximate surface area is 192 Å². The summed E-state index contributed by atoms with van der Waals surface area (Å²) < 4.78 is 63.2. The zero-order valence-electron chi connectivity index (χ0n) is 18.3. The third-order valence-electron chi connectivity index (χ3n) is 5.94. The van der Waals surface area contributed by atoms with Crippen LogP contribution >= 0.6 is 0 Å². The van der Waals surface area contributed by atoms with Crippen molar-refractivity contribution in [1.82, 2.24) is 24.5 Å². The molecule has 0 bridgehead atoms. The molecule has 2 atom stereocenters. The summed E-state index contributed by atoms with van der Waals surface area (Å²) in [7, 11) is 0. The molecule has 34 heavy (non-hydrogen) atoms. The van der Waals surface area contributed by atoms with E-state index >= 15 is 0 Å². The van der Waals surface area contributed by atoms with Crippen LogP contribution in [0.25, 0.3) is 28.1 Å². The first-order valence-corrected chi connectivity index (χ1v) is 10.9. The lowest BCUT2D eigenvalue weighted by Crippen LogP contribution is -2.38. The molecule has 2 unspecified atom stereocenters. The second-order valence-corrected chi connectivity index (χ2v) is 8.31. The molecule has 0 spiro atoms. The molecule has 0 saturated carbocycles. The SMILES string of the molecule is CCOc1cc2nc(-c3nnc4ccc(C(N5CCC(N)C5)C(F)(F)F)cn34)ccc2cc1F. The lowest BCUT2D eigenvalue weighted by molar-refractivity contribution is -0.183. The van der Waals surface area contributed by atoms with Gasteiger partial charge in [-0.3, -0.25) is 9.30 Å². The van der Waals surface area contributed by atoms with Gasteiger partial charge in [0.15, 0.2) is 23.0 Å². The minimum atomic E-state index is -4.48. The van der Waals surface area contributed by atoms with Crippen molar-refractivity contribution in [3.05, 3.63) is 54.0 Å². The summed E-state index contributed by atoms with van der Waals surface area (Å²) in [6, 6.07) is 6.96. The van der Waals surface area contributed by atoms with Gasteiger partial charge in [-0.1, -0.05) is 12.1 Å². The molecule has 4 aromatic rings. The Bertz CT molecular complexity index is 1350. The fourth-order valence-electron chi connectivity index (χ4n) is 4.42. The fourth-order valence-corrected chi connectivity index (χ4v) is 4.42. The zero-order chi connectivity index (χ0) is 24.0. The third-order valence-corrected chi connectivity index (χ3v) is 5.94. The van der Waals surface area contributed by atoms with Crippen molar-refractivity contribution >= 4 is 16.6 Å². The highest BCUT2D eigenvalue weighted by atomic mass is 19.4. The minimum Gasteiger partial charge on any atom is -0.491 e. The van der Waals surface area contributed by atoms with Crippen molar-refractivity contribution in [2.45, 2.75) is 31.6 Å². The first-order chi connectivity index (χ1) is 16.2. The van der Waals surface area contributed by atoms with Crippen LogP contribution in [0, 0.1) is 5.82 Å². The number of hydrogen-bond acceptors (Lipinski definition) is 6. The monoisotopic (exact) mass is 474 g/mol. The number of aromatic nitrogens is 4. The summed E-state index contributed by atoms with van der Waals surface area (Å²) in [4.78, 5) is 5.90. The van der Waals surface area contributed by atoms with E-state index in [4.69, 9.17) is 10.5 Å². The van der Waals surface area contributed by atoms with E-state index in [2.05, 4.69) is 15.2 Å². The van der Waals surface area contributed by atoms with Gasteiger partial charge in [-0.15, -0.1) is 10.2 Å². The number of halogens is 4. The molecule has 1 saturated heterocycles. The number of hydrogen-bond donors (Lipinski definition) is 1. The zero-order valence-corrected chi connectivity index (χ0v) is 18.3. The normalized spacial score (nSPS) is 18.1. The first-order valence-electron chi connectivity index (χ1n) is 10.9. The van der Waals surface area contributed by atoms with Crippen molar-refractivity contribution in [3.63, 3.8) is 0 Å². The standard InChI is InChI=1S/C23H22F4N6O/c1-2-34-19-10-18-13(9-16(19)24)3-5-17(29-18)22-31-30-20-6-4-14(11-33(20)22)21(23(25,26)27)32-8-7-15(28)12-32/h3-6,9-11,15,21H,2,7-8,12,28H2,1H3. The molecule has 0 radical (unpaired) electrons. The van der Waals surface area contributed by atoms with Crippen LogP contribution in [0.15, 0.2) is 42.6 Å². The van der Waals surface area contributed by atoms with Crippen LogP contribution in [0.3, 0.4) is 0 Å². The van der Waals surface area contributed by atoms with Crippen LogP contribution < -0.4 is 10.5 Å². The summed E-state index contributed by atoms with van der Waals surface area (Å²) in [6.45, 7) is 2.48. The summed E-state index contributed by atoms with van der Waals surface area (Å²) in [5.41, 5.74) is 7.17. The van der Waals surface area contributed by atoms with Gasteiger partial charge in [-0.2, -0.15) is 13.2 Å². The molecule has 1 fully saturated rings. The first kappa shape index (κ1) is 22.5. The largest absolute Gasteiger partial charge is 0.491 e. The van der Waals surface area contributed by atoms with Gasteiger partial charge in [0.25, 0.3) is 0 Å². The summed E-state index contributed by atoms with van der Waals surface area (Å²) in [5.74, 6) is -0.147. The van der Waals surface area contributed by atoms with E-state index in [1.165, 1.54) is 39.8 Å². The topological polar surface area (TPSA) is 81.6 Å². The molecule has 0 aliphatic carbocycles. The van der Waals surface area contributed by atoms with Crippen LogP contribution in [0.4, 0.5) is 17.6 Å². The predicted octanol–water partition coefficient (Wildman–Crippen LogP) is 4.12. The molecule has 4 heterocycles. The fraction of sp³-hybridized carbons (Fsp3) is 0.348. The number of fused-ring (bicyclic) bond motifs is 2. The molecular formula is C23H22F4N6O. The Balaban J connectivity index is 1.59. The Morgan fingerprint density at radius 2 is 2.00 bits per heavy atom. The van der Waals surface area contributed by atoms with Gasteiger partial charge in [0, 0.05) is 36.8 Å². The molecule has 1 aliphatic rings. The minimum absolute atomic E-state index is 0.0663. The average molecular weight is 474 g/mol. The van der Waals surface area contributed by atoms with Gasteiger partial charge in [0.05, 0.1) is 12.1 Å². The van der Waals surface area contributed by atoms with Crippen molar-refractivity contribution < 1.29 is 22.3 Å². The number of ether oxygens (including phenoxy) is 1. The highest BCUT2D eigenvalue weighted by Gasteiger charge is 2.46. The number of nitrogens with zero attached hydrogens (tertiary/aromatic N) is 5. The number of alkyl halides is 3. The highest BCUT2D eigenvalue weighted by molar-refractivity contribution is 5.82. The van der Waals surface area contributed by atoms with Gasteiger partial charge in [0.2, 0.25) is 0 Å². The Kier molecular flexibility index (Phi) is 5.61. The van der Waals surface area contributed by atoms with Crippen LogP contribution in [0.5, 0.6) is 5.75 Å². The Morgan fingerprint density at radius 3 is 2.71 bits per heavy atom. The highest BCUT2D eigenvalue weighted by Crippen LogP contribution is 2.39. The lowest BCUT2D eigenvalue weighted by Gasteiger charge is -2.30. The van der Waals surface area contributed by atoms with E-state index in [0.717, 1.165) is 0 Å². The molecule has 1 aliphatic heterocycles. The van der Waals surface area contributed by atoms with E-state index in [1.807, 2.05) is 0 Å². The van der Waals surface area contributed by atoms with Gasteiger partial charge < -0.3 is 10.5 Å². The van der Waals surface area contributed by atoms with Crippen molar-refractivity contribution in [1.29, 1.82) is 0 Å². The molecule has 2 N–H and O–H groups in total. The van der Waals surface area contributed by atoms with E-state index in [1.54, 1.807) is 19.1 Å². The van der Waals surface area contributed by atoms with Crippen molar-refractivity contribution in [3.8, 4) is 17.3 Å². The van der Waals surface area contributed by atoms with Crippen LogP contribution in [-0.4, -0.2) is 56.4 Å². The second-order valence-electron chi connectivity index (χ2n) is 8.31. The summed E-state index contributed by atoms with van der Waals surface area (Å²) >= 11 is 0. The number of likely N-dealkylation sites (tertiary alicyclic amines) is 1. The lowest BCUT2D eigenvalue weighted by atomic mass is 10.1. The van der Waals surface area contributed by atoms with Gasteiger partial charge in [0.1, 0.15) is 11.7 Å². The number of benzene rings is 1. The van der Waals surface area contributed by atoms with Gasteiger partial charge >= 0.3 is 6.18 Å². The van der Waals surface area contributed by atoms with Crippen LogP contribution in [-0.2, 0) is 0 Å². The molecule has 178 valence electrons. The third kappa shape index (κ3) is 4.05. The van der Waals surface area contributed by atoms with E-state index in [9.17, 15) is 17.6 Å². The van der Waals surface area contributed by atoms with Crippen LogP contribution in [0.1, 0.15) is 24.9 Å². The Morgan fingerprint density at radius 1 is 1.18 bits per heavy atom. The average Bonchev–Trinajstić information content (AvgIpc) is 3.39. The van der Waals surface area contributed by atoms with Gasteiger partial charge in [-0.05, 0) is 37.1 Å². The van der Waals surface area contributed by atoms with Crippen LogP contribution in [0.2, 0.25) is 0 Å². The summed E-state index contributed by atoms with van der Waals surface area (Å²) in [6.07, 6.45) is -2.57. The smallest absolute Gasteiger partial charge is 0.408 e. The number of pyridine rings is 2. The number of rotatable bonds is 5. The van der Waals surface area contributed by atoms with E-state index < -0.39 is 18.0 Å². The molecule has 7 nitrogen and oxygen atoms in total. The molecular weight excluding hydrogens is 452 g/mol. The molecule has 0 amide bonds. The second kappa shape index (κ2) is 8.48. The Hall–Kier alpha value is -3.31. The maximum Gasteiger partial charge on any atom is 0.408 e. The predicted molar refractivity (Wildman–Crippen MR) is 118 cm³/mol.